The lowest BCUT2D eigenvalue weighted by Crippen LogP contribution is -2.36. The number of hydrogen-bond donors (Lipinski definition) is 3. The molecule has 1 aliphatic heterocycles. The lowest BCUT2D eigenvalue weighted by atomic mass is 10.1. The summed E-state index contributed by atoms with van der Waals surface area (Å²) in [6, 6.07) is 0. The highest BCUT2D eigenvalue weighted by Gasteiger charge is 2.20. The molecule has 52 valence electrons. The van der Waals surface area contributed by atoms with Crippen molar-refractivity contribution in [3.63, 3.8) is 0 Å². The van der Waals surface area contributed by atoms with Gasteiger partial charge in [-0.25, -0.2) is 5.84 Å². The molecule has 0 aromatic heterocycles. The topological polar surface area (TPSA) is 67.1 Å². The van der Waals surface area contributed by atoms with Crippen LogP contribution < -0.4 is 16.6 Å². The highest BCUT2D eigenvalue weighted by molar-refractivity contribution is 5.78. The third-order valence-electron chi connectivity index (χ3n) is 1.57. The molecule has 1 heterocycles. The molecule has 0 spiro atoms. The standard InChI is InChI=1S/C5H11N3O/c6-8-5(9)4-1-2-7-3-4/h4,7H,1-3,6H2,(H,8,9). The molecule has 1 fully saturated rings. The van der Waals surface area contributed by atoms with Gasteiger partial charge >= 0.3 is 0 Å². The first kappa shape index (κ1) is 6.51. The zero-order valence-corrected chi connectivity index (χ0v) is 5.18. The normalized spacial score (nSPS) is 26.1. The van der Waals surface area contributed by atoms with E-state index in [4.69, 9.17) is 5.84 Å². The van der Waals surface area contributed by atoms with E-state index in [1.165, 1.54) is 0 Å². The van der Waals surface area contributed by atoms with E-state index in [1.807, 2.05) is 0 Å². The summed E-state index contributed by atoms with van der Waals surface area (Å²) >= 11 is 0. The first-order valence-corrected chi connectivity index (χ1v) is 3.06. The summed E-state index contributed by atoms with van der Waals surface area (Å²) in [5.41, 5.74) is 2.13. The van der Waals surface area contributed by atoms with Crippen LogP contribution in [0.4, 0.5) is 0 Å². The van der Waals surface area contributed by atoms with E-state index >= 15 is 0 Å². The van der Waals surface area contributed by atoms with Crippen LogP contribution in [0.3, 0.4) is 0 Å². The molecule has 1 aliphatic rings. The van der Waals surface area contributed by atoms with Gasteiger partial charge in [0, 0.05) is 6.54 Å². The van der Waals surface area contributed by atoms with Crippen molar-refractivity contribution in [3.8, 4) is 0 Å². The first-order valence-electron chi connectivity index (χ1n) is 3.06. The molecule has 0 aromatic carbocycles. The van der Waals surface area contributed by atoms with Crippen molar-refractivity contribution in [2.24, 2.45) is 11.8 Å². The van der Waals surface area contributed by atoms with Gasteiger partial charge in [0.05, 0.1) is 5.92 Å². The van der Waals surface area contributed by atoms with Crippen LogP contribution in [0, 0.1) is 5.92 Å². The Labute approximate surface area is 53.8 Å². The minimum Gasteiger partial charge on any atom is -0.316 e. The van der Waals surface area contributed by atoms with Crippen molar-refractivity contribution in [3.05, 3.63) is 0 Å². The Morgan fingerprint density at radius 1 is 1.78 bits per heavy atom. The van der Waals surface area contributed by atoms with Crippen molar-refractivity contribution >= 4 is 5.91 Å². The zero-order valence-electron chi connectivity index (χ0n) is 5.18. The number of nitrogens with two attached hydrogens (primary N) is 1. The zero-order chi connectivity index (χ0) is 6.69. The third-order valence-corrected chi connectivity index (χ3v) is 1.57. The smallest absolute Gasteiger partial charge is 0.238 e. The first-order chi connectivity index (χ1) is 4.34. The SMILES string of the molecule is NNC(=O)C1CCNC1. The largest absolute Gasteiger partial charge is 0.316 e. The fraction of sp³-hybridized carbons (Fsp3) is 0.800. The van der Waals surface area contributed by atoms with Gasteiger partial charge in [0.25, 0.3) is 0 Å². The average Bonchev–Trinajstić information content (AvgIpc) is 2.37. The van der Waals surface area contributed by atoms with Crippen molar-refractivity contribution in [2.45, 2.75) is 6.42 Å². The Balaban J connectivity index is 2.32. The minimum atomic E-state index is -0.0556. The van der Waals surface area contributed by atoms with E-state index < -0.39 is 0 Å². The highest BCUT2D eigenvalue weighted by atomic mass is 16.2. The average molecular weight is 129 g/mol. The van der Waals surface area contributed by atoms with Crippen LogP contribution in [0.5, 0.6) is 0 Å². The molecule has 1 rings (SSSR count). The number of nitrogens with one attached hydrogen (secondary N) is 2. The molecule has 1 atom stereocenters. The van der Waals surface area contributed by atoms with Gasteiger partial charge in [-0.1, -0.05) is 0 Å². The van der Waals surface area contributed by atoms with Crippen LogP contribution in [-0.4, -0.2) is 19.0 Å². The van der Waals surface area contributed by atoms with Gasteiger partial charge in [0.15, 0.2) is 0 Å². The molecule has 4 nitrogen and oxygen atoms in total. The van der Waals surface area contributed by atoms with Gasteiger partial charge in [0.1, 0.15) is 0 Å². The summed E-state index contributed by atoms with van der Waals surface area (Å²) in [7, 11) is 0. The van der Waals surface area contributed by atoms with Gasteiger partial charge in [0.2, 0.25) is 5.91 Å². The fourth-order valence-corrected chi connectivity index (χ4v) is 0.996. The lowest BCUT2D eigenvalue weighted by molar-refractivity contribution is -0.124. The molecule has 1 unspecified atom stereocenters. The van der Waals surface area contributed by atoms with E-state index in [1.54, 1.807) is 0 Å². The fourth-order valence-electron chi connectivity index (χ4n) is 0.996. The number of hydrogen-bond acceptors (Lipinski definition) is 3. The third kappa shape index (κ3) is 1.40. The molecule has 0 aliphatic carbocycles. The quantitative estimate of drug-likeness (QED) is 0.231. The maximum Gasteiger partial charge on any atom is 0.238 e. The lowest BCUT2D eigenvalue weighted by Gasteiger charge is -2.03. The molecule has 4 N–H and O–H groups in total. The van der Waals surface area contributed by atoms with Crippen LogP contribution in [0.2, 0.25) is 0 Å². The number of carbonyl (C=O) groups is 1. The highest BCUT2D eigenvalue weighted by Crippen LogP contribution is 2.05. The second kappa shape index (κ2) is 2.80. The van der Waals surface area contributed by atoms with Crippen LogP contribution in [-0.2, 0) is 4.79 Å². The Morgan fingerprint density at radius 2 is 2.56 bits per heavy atom. The second-order valence-corrected chi connectivity index (χ2v) is 2.20. The van der Waals surface area contributed by atoms with Gasteiger partial charge in [-0.3, -0.25) is 10.2 Å². The van der Waals surface area contributed by atoms with Crippen molar-refractivity contribution in [2.75, 3.05) is 13.1 Å². The molecule has 0 saturated carbocycles. The summed E-state index contributed by atoms with van der Waals surface area (Å²) in [5.74, 6) is 4.96. The Bertz CT molecular complexity index is 109. The van der Waals surface area contributed by atoms with Crippen LogP contribution >= 0.6 is 0 Å². The van der Waals surface area contributed by atoms with E-state index in [0.717, 1.165) is 19.5 Å². The number of rotatable bonds is 1. The van der Waals surface area contributed by atoms with Gasteiger partial charge in [-0.2, -0.15) is 0 Å². The molecule has 0 aromatic rings. The summed E-state index contributed by atoms with van der Waals surface area (Å²) in [6.45, 7) is 1.70. The van der Waals surface area contributed by atoms with E-state index in [9.17, 15) is 4.79 Å². The van der Waals surface area contributed by atoms with Crippen LogP contribution in [0.15, 0.2) is 0 Å². The molecular formula is C5H11N3O. The van der Waals surface area contributed by atoms with Crippen molar-refractivity contribution in [1.82, 2.24) is 10.7 Å². The molecule has 0 bridgehead atoms. The predicted octanol–water partition coefficient (Wildman–Crippen LogP) is -1.41. The molecule has 9 heavy (non-hydrogen) atoms. The molecular weight excluding hydrogens is 118 g/mol. The number of hydrazine groups is 1. The Kier molecular flexibility index (Phi) is 2.02. The summed E-state index contributed by atoms with van der Waals surface area (Å²) in [5, 5.41) is 3.07. The van der Waals surface area contributed by atoms with E-state index in [-0.39, 0.29) is 11.8 Å². The predicted molar refractivity (Wildman–Crippen MR) is 33.3 cm³/mol. The maximum atomic E-state index is 10.7. The molecule has 4 heteroatoms. The molecule has 1 saturated heterocycles. The maximum absolute atomic E-state index is 10.7. The summed E-state index contributed by atoms with van der Waals surface area (Å²) in [6.07, 6.45) is 0.906. The van der Waals surface area contributed by atoms with E-state index in [2.05, 4.69) is 10.7 Å². The number of carbonyl (C=O) groups excluding carboxylic acids is 1. The van der Waals surface area contributed by atoms with Crippen molar-refractivity contribution < 1.29 is 4.79 Å². The van der Waals surface area contributed by atoms with Gasteiger partial charge in [-0.05, 0) is 13.0 Å². The minimum absolute atomic E-state index is 0.0556. The number of amides is 1. The molecule has 1 amide bonds. The monoisotopic (exact) mass is 129 g/mol. The summed E-state index contributed by atoms with van der Waals surface area (Å²) < 4.78 is 0. The Hall–Kier alpha value is -0.610. The van der Waals surface area contributed by atoms with E-state index in [0.29, 0.717) is 0 Å². The summed E-state index contributed by atoms with van der Waals surface area (Å²) in [4.78, 5) is 10.7. The second-order valence-electron chi connectivity index (χ2n) is 2.20. The van der Waals surface area contributed by atoms with Crippen LogP contribution in [0.1, 0.15) is 6.42 Å². The van der Waals surface area contributed by atoms with Crippen molar-refractivity contribution in [1.29, 1.82) is 0 Å². The van der Waals surface area contributed by atoms with Crippen LogP contribution in [0.25, 0.3) is 0 Å². The molecule has 0 radical (unpaired) electrons. The Morgan fingerprint density at radius 3 is 3.00 bits per heavy atom. The van der Waals surface area contributed by atoms with Gasteiger partial charge in [-0.15, -0.1) is 0 Å². The van der Waals surface area contributed by atoms with Gasteiger partial charge < -0.3 is 5.32 Å².